The Hall–Kier alpha value is -2.38. The summed E-state index contributed by atoms with van der Waals surface area (Å²) in [4.78, 5) is 12.4. The van der Waals surface area contributed by atoms with Gasteiger partial charge in [0.2, 0.25) is 11.0 Å². The molecule has 128 valence electrons. The number of nitrogens with one attached hydrogen (secondary N) is 1. The fourth-order valence-electron chi connectivity index (χ4n) is 2.43. The molecule has 5 nitrogen and oxygen atoms in total. The van der Waals surface area contributed by atoms with Crippen molar-refractivity contribution < 1.29 is 4.79 Å². The summed E-state index contributed by atoms with van der Waals surface area (Å²) in [7, 11) is 0. The molecule has 0 fully saturated rings. The van der Waals surface area contributed by atoms with E-state index in [1.54, 1.807) is 0 Å². The minimum Gasteiger partial charge on any atom is -0.374 e. The van der Waals surface area contributed by atoms with Gasteiger partial charge in [-0.05, 0) is 17.5 Å². The second kappa shape index (κ2) is 8.64. The van der Waals surface area contributed by atoms with Gasteiger partial charge in [0.15, 0.2) is 4.34 Å². The van der Waals surface area contributed by atoms with Gasteiger partial charge in [-0.15, -0.1) is 10.2 Å². The second-order valence-corrected chi connectivity index (χ2v) is 7.65. The Bertz CT molecular complexity index is 808. The summed E-state index contributed by atoms with van der Waals surface area (Å²) in [6.07, 6.45) is 0.743. The van der Waals surface area contributed by atoms with Crippen molar-refractivity contribution in [2.45, 2.75) is 16.8 Å². The topological polar surface area (TPSA) is 80.9 Å². The van der Waals surface area contributed by atoms with Gasteiger partial charge in [-0.25, -0.2) is 0 Å². The number of thioether (sulfide) groups is 1. The van der Waals surface area contributed by atoms with Crippen molar-refractivity contribution in [1.29, 1.82) is 0 Å². The summed E-state index contributed by atoms with van der Waals surface area (Å²) in [5.74, 6) is 0.246. The highest BCUT2D eigenvalue weighted by atomic mass is 32.2. The summed E-state index contributed by atoms with van der Waals surface area (Å²) < 4.78 is 0.701. The van der Waals surface area contributed by atoms with E-state index in [9.17, 15) is 4.79 Å². The maximum Gasteiger partial charge on any atom is 0.230 e. The van der Waals surface area contributed by atoms with E-state index >= 15 is 0 Å². The molecule has 0 spiro atoms. The molecule has 0 saturated heterocycles. The number of anilines is 1. The number of benzene rings is 2. The molecule has 2 aromatic carbocycles. The van der Waals surface area contributed by atoms with Crippen LogP contribution in [-0.2, 0) is 11.2 Å². The lowest BCUT2D eigenvalue weighted by molar-refractivity contribution is -0.119. The molecule has 3 rings (SSSR count). The van der Waals surface area contributed by atoms with E-state index in [1.807, 2.05) is 48.5 Å². The Balaban J connectivity index is 1.65. The van der Waals surface area contributed by atoms with Gasteiger partial charge in [0.05, 0.1) is 11.8 Å². The van der Waals surface area contributed by atoms with Crippen LogP contribution in [0, 0.1) is 0 Å². The van der Waals surface area contributed by atoms with Crippen molar-refractivity contribution >= 4 is 34.1 Å². The number of hydrogen-bond donors (Lipinski definition) is 2. The summed E-state index contributed by atoms with van der Waals surface area (Å²) in [6.45, 7) is 0. The Morgan fingerprint density at radius 2 is 1.76 bits per heavy atom. The third kappa shape index (κ3) is 5.30. The molecule has 7 heteroatoms. The fourth-order valence-corrected chi connectivity index (χ4v) is 3.88. The SMILES string of the molecule is Nc1nnc(SCC(=O)NC(Cc2ccccc2)c2ccccc2)s1. The summed E-state index contributed by atoms with van der Waals surface area (Å²) >= 11 is 2.63. The largest absolute Gasteiger partial charge is 0.374 e. The highest BCUT2D eigenvalue weighted by molar-refractivity contribution is 8.01. The zero-order valence-corrected chi connectivity index (χ0v) is 15.1. The summed E-state index contributed by atoms with van der Waals surface area (Å²) in [5, 5.41) is 11.2. The number of hydrogen-bond acceptors (Lipinski definition) is 6. The van der Waals surface area contributed by atoms with Gasteiger partial charge < -0.3 is 11.1 Å². The molecule has 25 heavy (non-hydrogen) atoms. The standard InChI is InChI=1S/C18H18N4OS2/c19-17-21-22-18(25-17)24-12-16(23)20-15(14-9-5-2-6-10-14)11-13-7-3-1-4-8-13/h1-10,15H,11-12H2,(H2,19,21)(H,20,23). The monoisotopic (exact) mass is 370 g/mol. The molecule has 0 radical (unpaired) electrons. The number of carbonyl (C=O) groups is 1. The Labute approximate surface area is 154 Å². The van der Waals surface area contributed by atoms with Crippen LogP contribution < -0.4 is 11.1 Å². The van der Waals surface area contributed by atoms with Crippen LogP contribution in [-0.4, -0.2) is 21.9 Å². The Kier molecular flexibility index (Phi) is 6.03. The average Bonchev–Trinajstić information content (AvgIpc) is 3.06. The second-order valence-electron chi connectivity index (χ2n) is 5.42. The molecule has 1 unspecified atom stereocenters. The molecule has 1 atom stereocenters. The molecule has 3 aromatic rings. The first-order valence-corrected chi connectivity index (χ1v) is 9.61. The molecular formula is C18H18N4OS2. The molecule has 3 N–H and O–H groups in total. The van der Waals surface area contributed by atoms with E-state index in [2.05, 4.69) is 27.6 Å². The molecule has 1 heterocycles. The average molecular weight is 371 g/mol. The summed E-state index contributed by atoms with van der Waals surface area (Å²) in [6, 6.07) is 20.1. The van der Waals surface area contributed by atoms with Crippen LogP contribution in [0.1, 0.15) is 17.2 Å². The molecular weight excluding hydrogens is 352 g/mol. The number of nitrogens with two attached hydrogens (primary N) is 1. The fraction of sp³-hybridized carbons (Fsp3) is 0.167. The van der Waals surface area contributed by atoms with E-state index < -0.39 is 0 Å². The molecule has 0 aliphatic rings. The van der Waals surface area contributed by atoms with Crippen LogP contribution in [0.5, 0.6) is 0 Å². The van der Waals surface area contributed by atoms with Crippen molar-refractivity contribution in [2.75, 3.05) is 11.5 Å². The predicted molar refractivity (Wildman–Crippen MR) is 103 cm³/mol. The first-order valence-electron chi connectivity index (χ1n) is 7.81. The van der Waals surface area contributed by atoms with E-state index in [4.69, 9.17) is 5.73 Å². The molecule has 0 aliphatic carbocycles. The third-order valence-corrected chi connectivity index (χ3v) is 5.45. The van der Waals surface area contributed by atoms with Crippen LogP contribution in [0.15, 0.2) is 65.0 Å². The van der Waals surface area contributed by atoms with Gasteiger partial charge in [0, 0.05) is 0 Å². The van der Waals surface area contributed by atoms with E-state index in [0.29, 0.717) is 9.47 Å². The third-order valence-electron chi connectivity index (χ3n) is 3.57. The minimum absolute atomic E-state index is 0.0384. The quantitative estimate of drug-likeness (QED) is 0.624. The van der Waals surface area contributed by atoms with E-state index in [0.717, 1.165) is 12.0 Å². The molecule has 0 aliphatic heterocycles. The van der Waals surface area contributed by atoms with E-state index in [-0.39, 0.29) is 17.7 Å². The van der Waals surface area contributed by atoms with Crippen molar-refractivity contribution in [3.63, 3.8) is 0 Å². The maximum absolute atomic E-state index is 12.4. The van der Waals surface area contributed by atoms with Crippen LogP contribution >= 0.6 is 23.1 Å². The predicted octanol–water partition coefficient (Wildman–Crippen LogP) is 3.31. The first kappa shape index (κ1) is 17.4. The van der Waals surface area contributed by atoms with Crippen LogP contribution in [0.25, 0.3) is 0 Å². The molecule has 1 amide bonds. The number of rotatable bonds is 7. The number of amides is 1. The highest BCUT2D eigenvalue weighted by Gasteiger charge is 2.16. The lowest BCUT2D eigenvalue weighted by Gasteiger charge is -2.19. The molecule has 1 aromatic heterocycles. The van der Waals surface area contributed by atoms with Gasteiger partial charge in [-0.2, -0.15) is 0 Å². The summed E-state index contributed by atoms with van der Waals surface area (Å²) in [5.41, 5.74) is 7.83. The van der Waals surface area contributed by atoms with Gasteiger partial charge in [-0.3, -0.25) is 4.79 Å². The van der Waals surface area contributed by atoms with Gasteiger partial charge in [0.25, 0.3) is 0 Å². The van der Waals surface area contributed by atoms with Crippen molar-refractivity contribution in [3.05, 3.63) is 71.8 Å². The van der Waals surface area contributed by atoms with Crippen LogP contribution in [0.2, 0.25) is 0 Å². The minimum atomic E-state index is -0.0730. The zero-order valence-electron chi connectivity index (χ0n) is 13.5. The van der Waals surface area contributed by atoms with E-state index in [1.165, 1.54) is 28.7 Å². The number of aromatic nitrogens is 2. The lowest BCUT2D eigenvalue weighted by Crippen LogP contribution is -2.31. The van der Waals surface area contributed by atoms with Crippen LogP contribution in [0.3, 0.4) is 0 Å². The van der Waals surface area contributed by atoms with Gasteiger partial charge >= 0.3 is 0 Å². The molecule has 0 saturated carbocycles. The zero-order chi connectivity index (χ0) is 17.5. The first-order chi connectivity index (χ1) is 12.2. The number of carbonyl (C=O) groups excluding carboxylic acids is 1. The highest BCUT2D eigenvalue weighted by Crippen LogP contribution is 2.24. The van der Waals surface area contributed by atoms with Crippen molar-refractivity contribution in [2.24, 2.45) is 0 Å². The lowest BCUT2D eigenvalue weighted by atomic mass is 9.99. The number of nitrogen functional groups attached to an aromatic ring is 1. The smallest absolute Gasteiger partial charge is 0.230 e. The Morgan fingerprint density at radius 1 is 1.08 bits per heavy atom. The Morgan fingerprint density at radius 3 is 2.40 bits per heavy atom. The van der Waals surface area contributed by atoms with Crippen LogP contribution in [0.4, 0.5) is 5.13 Å². The van der Waals surface area contributed by atoms with Crippen molar-refractivity contribution in [1.82, 2.24) is 15.5 Å². The normalized spacial score (nSPS) is 11.8. The number of nitrogens with zero attached hydrogens (tertiary/aromatic N) is 2. The van der Waals surface area contributed by atoms with Crippen molar-refractivity contribution in [3.8, 4) is 0 Å². The van der Waals surface area contributed by atoms with Gasteiger partial charge in [0.1, 0.15) is 0 Å². The van der Waals surface area contributed by atoms with Gasteiger partial charge in [-0.1, -0.05) is 83.8 Å². The maximum atomic E-state index is 12.4. The molecule has 0 bridgehead atoms.